The van der Waals surface area contributed by atoms with Crippen molar-refractivity contribution in [2.24, 2.45) is 7.05 Å². The van der Waals surface area contributed by atoms with Gasteiger partial charge in [0, 0.05) is 42.8 Å². The van der Waals surface area contributed by atoms with Crippen LogP contribution in [0.25, 0.3) is 16.5 Å². The van der Waals surface area contributed by atoms with Crippen LogP contribution in [0.4, 0.5) is 11.5 Å². The van der Waals surface area contributed by atoms with Crippen molar-refractivity contribution in [3.63, 3.8) is 0 Å². The zero-order valence-corrected chi connectivity index (χ0v) is 15.8. The van der Waals surface area contributed by atoms with E-state index in [1.165, 1.54) is 27.6 Å². The van der Waals surface area contributed by atoms with Gasteiger partial charge in [-0.25, -0.2) is 4.68 Å². The van der Waals surface area contributed by atoms with E-state index >= 15 is 0 Å². The highest BCUT2D eigenvalue weighted by atomic mass is 16.6. The van der Waals surface area contributed by atoms with Crippen molar-refractivity contribution in [2.45, 2.75) is 26.7 Å². The Labute approximate surface area is 157 Å². The van der Waals surface area contributed by atoms with Crippen LogP contribution in [0, 0.1) is 17.0 Å². The number of nitrogens with one attached hydrogen (secondary N) is 1. The van der Waals surface area contributed by atoms with Gasteiger partial charge < -0.3 is 9.88 Å². The summed E-state index contributed by atoms with van der Waals surface area (Å²) in [5, 5.41) is 17.0. The second-order valence-electron chi connectivity index (χ2n) is 6.96. The van der Waals surface area contributed by atoms with Crippen molar-refractivity contribution in [3.05, 3.63) is 57.4 Å². The molecule has 0 fully saturated rings. The molecule has 1 aromatic carbocycles. The molecule has 140 valence electrons. The molecule has 1 N–H and O–H groups in total. The van der Waals surface area contributed by atoms with Gasteiger partial charge >= 0.3 is 5.69 Å². The molecular weight excluding hydrogens is 342 g/mol. The number of para-hydroxylation sites is 1. The summed E-state index contributed by atoms with van der Waals surface area (Å²) in [6.45, 7) is 5.21. The standard InChI is InChI=1S/C20H23N5O2/c1-4-14-6-5-7-16-17(12-21-18(14)16)15-8-10-24(11-9-15)20-19(25(26)27)13(2)22-23(20)3/h5-8,12,21H,4,9-11H2,1-3H3. The van der Waals surface area contributed by atoms with E-state index < -0.39 is 0 Å². The summed E-state index contributed by atoms with van der Waals surface area (Å²) < 4.78 is 1.62. The minimum atomic E-state index is -0.331. The maximum atomic E-state index is 11.5. The summed E-state index contributed by atoms with van der Waals surface area (Å²) in [4.78, 5) is 16.6. The number of hydrogen-bond acceptors (Lipinski definition) is 4. The highest BCUT2D eigenvalue weighted by Crippen LogP contribution is 2.35. The number of nitrogens with zero attached hydrogens (tertiary/aromatic N) is 4. The zero-order valence-electron chi connectivity index (χ0n) is 15.8. The topological polar surface area (TPSA) is 80.0 Å². The summed E-state index contributed by atoms with van der Waals surface area (Å²) in [7, 11) is 1.76. The van der Waals surface area contributed by atoms with Gasteiger partial charge in [0.1, 0.15) is 5.69 Å². The van der Waals surface area contributed by atoms with E-state index in [1.807, 2.05) is 4.90 Å². The molecule has 0 atom stereocenters. The third-order valence-corrected chi connectivity index (χ3v) is 5.38. The molecule has 0 spiro atoms. The highest BCUT2D eigenvalue weighted by Gasteiger charge is 2.29. The molecule has 7 nitrogen and oxygen atoms in total. The summed E-state index contributed by atoms with van der Waals surface area (Å²) >= 11 is 0. The van der Waals surface area contributed by atoms with Gasteiger partial charge in [0.05, 0.1) is 4.92 Å². The Morgan fingerprint density at radius 2 is 2.19 bits per heavy atom. The Hall–Kier alpha value is -3.09. The second-order valence-corrected chi connectivity index (χ2v) is 6.96. The number of hydrogen-bond donors (Lipinski definition) is 1. The monoisotopic (exact) mass is 365 g/mol. The van der Waals surface area contributed by atoms with Crippen molar-refractivity contribution in [1.29, 1.82) is 0 Å². The lowest BCUT2D eigenvalue weighted by atomic mass is 9.97. The fraction of sp³-hybridized carbons (Fsp3) is 0.350. The van der Waals surface area contributed by atoms with Crippen LogP contribution in [0.15, 0.2) is 30.5 Å². The molecule has 1 aliphatic rings. The molecule has 27 heavy (non-hydrogen) atoms. The number of H-pyrrole nitrogens is 1. The third-order valence-electron chi connectivity index (χ3n) is 5.38. The highest BCUT2D eigenvalue weighted by molar-refractivity contribution is 5.94. The summed E-state index contributed by atoms with van der Waals surface area (Å²) in [6, 6.07) is 6.42. The fourth-order valence-electron chi connectivity index (χ4n) is 4.09. The first-order chi connectivity index (χ1) is 13.0. The number of nitro groups is 1. The van der Waals surface area contributed by atoms with E-state index in [0.717, 1.165) is 19.4 Å². The Balaban J connectivity index is 1.67. The summed E-state index contributed by atoms with van der Waals surface area (Å²) in [5.41, 5.74) is 5.60. The van der Waals surface area contributed by atoms with Gasteiger partial charge in [-0.05, 0) is 30.9 Å². The number of benzene rings is 1. The van der Waals surface area contributed by atoms with Crippen LogP contribution in [0.3, 0.4) is 0 Å². The van der Waals surface area contributed by atoms with Crippen LogP contribution in [-0.4, -0.2) is 32.8 Å². The molecule has 3 heterocycles. The third kappa shape index (κ3) is 2.79. The smallest absolute Gasteiger partial charge is 0.333 e. The van der Waals surface area contributed by atoms with Gasteiger partial charge in [-0.3, -0.25) is 10.1 Å². The number of anilines is 1. The first kappa shape index (κ1) is 17.3. The van der Waals surface area contributed by atoms with Crippen molar-refractivity contribution < 1.29 is 4.92 Å². The minimum absolute atomic E-state index is 0.106. The van der Waals surface area contributed by atoms with Gasteiger partial charge in [0.2, 0.25) is 5.82 Å². The van der Waals surface area contributed by atoms with Crippen LogP contribution in [0.5, 0.6) is 0 Å². The van der Waals surface area contributed by atoms with E-state index in [9.17, 15) is 10.1 Å². The summed E-state index contributed by atoms with van der Waals surface area (Å²) in [5.74, 6) is 0.583. The number of fused-ring (bicyclic) bond motifs is 1. The van der Waals surface area contributed by atoms with Gasteiger partial charge in [0.25, 0.3) is 0 Å². The number of aryl methyl sites for hydroxylation is 3. The van der Waals surface area contributed by atoms with Crippen LogP contribution in [0.1, 0.15) is 30.2 Å². The molecular formula is C20H23N5O2. The zero-order chi connectivity index (χ0) is 19.1. The lowest BCUT2D eigenvalue weighted by molar-refractivity contribution is -0.384. The number of aromatic nitrogens is 3. The molecule has 7 heteroatoms. The maximum absolute atomic E-state index is 11.5. The van der Waals surface area contributed by atoms with E-state index in [1.54, 1.807) is 18.7 Å². The number of aromatic amines is 1. The Morgan fingerprint density at radius 1 is 1.37 bits per heavy atom. The first-order valence-electron chi connectivity index (χ1n) is 9.22. The molecule has 0 saturated carbocycles. The van der Waals surface area contributed by atoms with E-state index in [-0.39, 0.29) is 10.6 Å². The molecule has 0 saturated heterocycles. The van der Waals surface area contributed by atoms with E-state index in [4.69, 9.17) is 0 Å². The van der Waals surface area contributed by atoms with Crippen molar-refractivity contribution in [2.75, 3.05) is 18.0 Å². The molecule has 4 rings (SSSR count). The average Bonchev–Trinajstić information content (AvgIpc) is 3.22. The predicted octanol–water partition coefficient (Wildman–Crippen LogP) is 3.97. The van der Waals surface area contributed by atoms with Crippen molar-refractivity contribution >= 4 is 28.0 Å². The van der Waals surface area contributed by atoms with Crippen LogP contribution >= 0.6 is 0 Å². The van der Waals surface area contributed by atoms with Crippen LogP contribution in [-0.2, 0) is 13.5 Å². The Bertz CT molecular complexity index is 1060. The molecule has 0 aliphatic carbocycles. The number of rotatable bonds is 4. The normalized spacial score (nSPS) is 14.6. The molecule has 0 amide bonds. The molecule has 0 unspecified atom stereocenters. The van der Waals surface area contributed by atoms with E-state index in [0.29, 0.717) is 18.1 Å². The van der Waals surface area contributed by atoms with E-state index in [2.05, 4.69) is 47.5 Å². The van der Waals surface area contributed by atoms with Gasteiger partial charge in [-0.1, -0.05) is 31.2 Å². The second kappa shape index (κ2) is 6.57. The Morgan fingerprint density at radius 3 is 2.85 bits per heavy atom. The maximum Gasteiger partial charge on any atom is 0.333 e. The van der Waals surface area contributed by atoms with Crippen molar-refractivity contribution in [3.8, 4) is 0 Å². The first-order valence-corrected chi connectivity index (χ1v) is 9.22. The minimum Gasteiger partial charge on any atom is -0.360 e. The van der Waals surface area contributed by atoms with Crippen molar-refractivity contribution in [1.82, 2.24) is 14.8 Å². The van der Waals surface area contributed by atoms with Gasteiger partial charge in [-0.15, -0.1) is 0 Å². The molecule has 2 aromatic heterocycles. The fourth-order valence-corrected chi connectivity index (χ4v) is 4.09. The van der Waals surface area contributed by atoms with Gasteiger partial charge in [-0.2, -0.15) is 5.10 Å². The quantitative estimate of drug-likeness (QED) is 0.560. The lowest BCUT2D eigenvalue weighted by Gasteiger charge is -2.27. The SMILES string of the molecule is CCc1cccc2c(C3=CCN(c4c([N+](=O)[O-])c(C)nn4C)CC3)c[nH]c12. The molecule has 0 bridgehead atoms. The lowest BCUT2D eigenvalue weighted by Crippen LogP contribution is -2.30. The van der Waals surface area contributed by atoms with Crippen LogP contribution < -0.4 is 4.90 Å². The summed E-state index contributed by atoms with van der Waals surface area (Å²) in [6.07, 6.45) is 6.09. The van der Waals surface area contributed by atoms with Crippen LogP contribution in [0.2, 0.25) is 0 Å². The molecule has 1 aliphatic heterocycles. The molecule has 3 aromatic rings. The van der Waals surface area contributed by atoms with Gasteiger partial charge in [0.15, 0.2) is 0 Å². The molecule has 0 radical (unpaired) electrons. The largest absolute Gasteiger partial charge is 0.360 e. The Kier molecular flexibility index (Phi) is 4.22. The average molecular weight is 365 g/mol. The predicted molar refractivity (Wildman–Crippen MR) is 107 cm³/mol.